The molecule has 0 bridgehead atoms. The van der Waals surface area contributed by atoms with Crippen molar-refractivity contribution in [1.82, 2.24) is 20.2 Å². The second-order valence-electron chi connectivity index (χ2n) is 8.46. The molecule has 8 nitrogen and oxygen atoms in total. The third kappa shape index (κ3) is 3.79. The molecule has 2 amide bonds. The zero-order valence-corrected chi connectivity index (χ0v) is 15.9. The molecule has 1 aliphatic carbocycles. The van der Waals surface area contributed by atoms with E-state index in [2.05, 4.69) is 15.3 Å². The van der Waals surface area contributed by atoms with Crippen molar-refractivity contribution in [2.24, 2.45) is 11.3 Å². The van der Waals surface area contributed by atoms with Gasteiger partial charge in [-0.05, 0) is 30.6 Å². The Bertz CT molecular complexity index is 731. The summed E-state index contributed by atoms with van der Waals surface area (Å²) >= 11 is 0. The Hall–Kier alpha value is -2.51. The third-order valence-corrected chi connectivity index (χ3v) is 5.56. The van der Waals surface area contributed by atoms with Crippen molar-refractivity contribution in [3.8, 4) is 0 Å². The summed E-state index contributed by atoms with van der Waals surface area (Å²) in [7, 11) is 0. The molecule has 4 atom stereocenters. The van der Waals surface area contributed by atoms with Gasteiger partial charge in [-0.2, -0.15) is 0 Å². The van der Waals surface area contributed by atoms with E-state index in [-0.39, 0.29) is 23.6 Å². The van der Waals surface area contributed by atoms with Crippen LogP contribution in [0.4, 0.5) is 0 Å². The van der Waals surface area contributed by atoms with Gasteiger partial charge in [0.2, 0.25) is 5.91 Å². The van der Waals surface area contributed by atoms with Crippen LogP contribution in [-0.2, 0) is 9.59 Å². The molecule has 2 fully saturated rings. The first-order valence-corrected chi connectivity index (χ1v) is 9.32. The molecule has 0 radical (unpaired) electrons. The van der Waals surface area contributed by atoms with Crippen molar-refractivity contribution in [3.63, 3.8) is 0 Å². The molecule has 0 spiro atoms. The third-order valence-electron chi connectivity index (χ3n) is 5.56. The van der Waals surface area contributed by atoms with Gasteiger partial charge in [-0.25, -0.2) is 9.78 Å². The van der Waals surface area contributed by atoms with Crippen LogP contribution in [-0.4, -0.2) is 55.9 Å². The summed E-state index contributed by atoms with van der Waals surface area (Å²) < 4.78 is 0. The van der Waals surface area contributed by atoms with E-state index >= 15 is 0 Å². The number of carbonyl (C=O) groups excluding carboxylic acids is 2. The molecule has 1 saturated carbocycles. The van der Waals surface area contributed by atoms with Crippen LogP contribution >= 0.6 is 0 Å². The van der Waals surface area contributed by atoms with Gasteiger partial charge in [-0.15, -0.1) is 0 Å². The number of hydrogen-bond acceptors (Lipinski definition) is 5. The number of carboxylic acids is 1. The summed E-state index contributed by atoms with van der Waals surface area (Å²) in [5, 5.41) is 12.4. The highest BCUT2D eigenvalue weighted by Gasteiger charge is 2.51. The maximum absolute atomic E-state index is 13.4. The van der Waals surface area contributed by atoms with Crippen LogP contribution in [0, 0.1) is 11.3 Å². The number of hydrogen-bond donors (Lipinski definition) is 2. The van der Waals surface area contributed by atoms with E-state index in [1.54, 1.807) is 0 Å². The van der Waals surface area contributed by atoms with Gasteiger partial charge < -0.3 is 15.3 Å². The van der Waals surface area contributed by atoms with E-state index in [4.69, 9.17) is 0 Å². The van der Waals surface area contributed by atoms with E-state index < -0.39 is 29.4 Å². The van der Waals surface area contributed by atoms with Crippen LogP contribution in [0.3, 0.4) is 0 Å². The fourth-order valence-electron chi connectivity index (χ4n) is 4.25. The van der Waals surface area contributed by atoms with E-state index in [1.807, 2.05) is 20.8 Å². The smallest absolute Gasteiger partial charge is 0.326 e. The minimum atomic E-state index is -0.981. The molecule has 2 heterocycles. The van der Waals surface area contributed by atoms with E-state index in [1.165, 1.54) is 23.5 Å². The van der Waals surface area contributed by atoms with Crippen LogP contribution in [0.25, 0.3) is 0 Å². The maximum Gasteiger partial charge on any atom is 0.326 e. The summed E-state index contributed by atoms with van der Waals surface area (Å²) in [6, 6.07) is -1.74. The molecule has 146 valence electrons. The first-order valence-electron chi connectivity index (χ1n) is 9.32. The second kappa shape index (κ2) is 7.25. The Morgan fingerprint density at radius 3 is 2.59 bits per heavy atom. The van der Waals surface area contributed by atoms with E-state index in [0.29, 0.717) is 6.42 Å². The van der Waals surface area contributed by atoms with Gasteiger partial charge in [0.15, 0.2) is 0 Å². The molecule has 0 unspecified atom stereocenters. The van der Waals surface area contributed by atoms with Crippen LogP contribution in [0.5, 0.6) is 0 Å². The SMILES string of the molecule is CC(C)(C)[C@H](NC(=O)c1cnccn1)C(=O)N1[C@H](C(=O)O)C[C@@H]2CCC[C@@H]21. The Labute approximate surface area is 158 Å². The number of nitrogens with one attached hydrogen (secondary N) is 1. The number of carbonyl (C=O) groups is 3. The Morgan fingerprint density at radius 1 is 1.26 bits per heavy atom. The van der Waals surface area contributed by atoms with Crippen molar-refractivity contribution < 1.29 is 19.5 Å². The first-order chi connectivity index (χ1) is 12.7. The van der Waals surface area contributed by atoms with Gasteiger partial charge >= 0.3 is 5.97 Å². The largest absolute Gasteiger partial charge is 0.480 e. The standard InChI is InChI=1S/C19H26N4O4/c1-19(2,3)15(22-16(24)12-10-20-7-8-21-12)17(25)23-13-6-4-5-11(13)9-14(23)18(26)27/h7-8,10-11,13-15H,4-6,9H2,1-3H3,(H,22,24)(H,26,27)/t11-,13-,14-,15+/m0/s1. The highest BCUT2D eigenvalue weighted by molar-refractivity contribution is 5.97. The van der Waals surface area contributed by atoms with Crippen molar-refractivity contribution in [1.29, 1.82) is 0 Å². The predicted octanol–water partition coefficient (Wildman–Crippen LogP) is 1.48. The second-order valence-corrected chi connectivity index (χ2v) is 8.46. The topological polar surface area (TPSA) is 112 Å². The molecule has 8 heteroatoms. The van der Waals surface area contributed by atoms with Crippen molar-refractivity contribution >= 4 is 17.8 Å². The summed E-state index contributed by atoms with van der Waals surface area (Å²) in [5.41, 5.74) is -0.469. The predicted molar refractivity (Wildman–Crippen MR) is 96.8 cm³/mol. The fraction of sp³-hybridized carbons (Fsp3) is 0.632. The van der Waals surface area contributed by atoms with E-state index in [0.717, 1.165) is 19.3 Å². The average molecular weight is 374 g/mol. The van der Waals surface area contributed by atoms with Crippen molar-refractivity contribution in [3.05, 3.63) is 24.3 Å². The van der Waals surface area contributed by atoms with Gasteiger partial charge in [0.05, 0.1) is 6.20 Å². The molecule has 2 aliphatic rings. The number of likely N-dealkylation sites (tertiary alicyclic amines) is 1. The van der Waals surface area contributed by atoms with Crippen LogP contribution < -0.4 is 5.32 Å². The lowest BCUT2D eigenvalue weighted by Crippen LogP contribution is -2.58. The van der Waals surface area contributed by atoms with Crippen LogP contribution in [0.15, 0.2) is 18.6 Å². The number of aliphatic carboxylic acids is 1. The van der Waals surface area contributed by atoms with Crippen molar-refractivity contribution in [2.75, 3.05) is 0 Å². The average Bonchev–Trinajstić information content (AvgIpc) is 3.19. The zero-order chi connectivity index (χ0) is 19.8. The molecular weight excluding hydrogens is 348 g/mol. The number of nitrogens with zero attached hydrogens (tertiary/aromatic N) is 3. The summed E-state index contributed by atoms with van der Waals surface area (Å²) in [5.74, 6) is -1.58. The van der Waals surface area contributed by atoms with Crippen molar-refractivity contribution in [2.45, 2.75) is 64.6 Å². The monoisotopic (exact) mass is 374 g/mol. The number of fused-ring (bicyclic) bond motifs is 1. The zero-order valence-electron chi connectivity index (χ0n) is 15.9. The maximum atomic E-state index is 13.4. The molecule has 27 heavy (non-hydrogen) atoms. The number of rotatable bonds is 4. The molecular formula is C19H26N4O4. The molecule has 3 rings (SSSR count). The minimum absolute atomic E-state index is 0.0585. The number of amides is 2. The highest BCUT2D eigenvalue weighted by Crippen LogP contribution is 2.42. The normalized spacial score (nSPS) is 25.7. The molecule has 1 aromatic heterocycles. The van der Waals surface area contributed by atoms with Gasteiger partial charge in [-0.1, -0.05) is 27.2 Å². The lowest BCUT2D eigenvalue weighted by Gasteiger charge is -2.37. The fourth-order valence-corrected chi connectivity index (χ4v) is 4.25. The molecule has 1 aromatic rings. The first kappa shape index (κ1) is 19.3. The Morgan fingerprint density at radius 2 is 2.00 bits per heavy atom. The molecule has 0 aromatic carbocycles. The number of carboxylic acid groups (broad SMARTS) is 1. The lowest BCUT2D eigenvalue weighted by atomic mass is 9.85. The quantitative estimate of drug-likeness (QED) is 0.825. The van der Waals surface area contributed by atoms with Gasteiger partial charge in [-0.3, -0.25) is 14.6 Å². The molecule has 2 N–H and O–H groups in total. The summed E-state index contributed by atoms with van der Waals surface area (Å²) in [6.07, 6.45) is 7.46. The van der Waals surface area contributed by atoms with E-state index in [9.17, 15) is 19.5 Å². The van der Waals surface area contributed by atoms with Gasteiger partial charge in [0, 0.05) is 18.4 Å². The van der Waals surface area contributed by atoms with Gasteiger partial charge in [0.25, 0.3) is 5.91 Å². The highest BCUT2D eigenvalue weighted by atomic mass is 16.4. The minimum Gasteiger partial charge on any atom is -0.480 e. The van der Waals surface area contributed by atoms with Gasteiger partial charge in [0.1, 0.15) is 17.8 Å². The summed E-state index contributed by atoms with van der Waals surface area (Å²) in [4.78, 5) is 47.1. The lowest BCUT2D eigenvalue weighted by molar-refractivity contribution is -0.151. The molecule has 1 saturated heterocycles. The number of aromatic nitrogens is 2. The summed E-state index contributed by atoms with van der Waals surface area (Å²) in [6.45, 7) is 5.56. The Kier molecular flexibility index (Phi) is 5.17. The van der Waals surface area contributed by atoms with Crippen LogP contribution in [0.2, 0.25) is 0 Å². The Balaban J connectivity index is 1.87. The molecule has 1 aliphatic heterocycles. The van der Waals surface area contributed by atoms with Crippen LogP contribution in [0.1, 0.15) is 56.9 Å².